The lowest BCUT2D eigenvalue weighted by Gasteiger charge is -2.12. The maximum Gasteiger partial charge on any atom is 0.258 e. The van der Waals surface area contributed by atoms with Crippen LogP contribution < -0.4 is 15.0 Å². The van der Waals surface area contributed by atoms with Crippen LogP contribution in [0.3, 0.4) is 0 Å². The minimum atomic E-state index is -0.146. The zero-order chi connectivity index (χ0) is 19.9. The molecular weight excluding hydrogens is 374 g/mol. The molecule has 146 valence electrons. The molecule has 0 N–H and O–H groups in total. The van der Waals surface area contributed by atoms with Gasteiger partial charge >= 0.3 is 0 Å². The Morgan fingerprint density at radius 2 is 1.79 bits per heavy atom. The summed E-state index contributed by atoms with van der Waals surface area (Å²) in [5, 5.41) is 0.684. The zero-order valence-corrected chi connectivity index (χ0v) is 16.9. The summed E-state index contributed by atoms with van der Waals surface area (Å²) >= 11 is 5.88. The second-order valence-electron chi connectivity index (χ2n) is 6.64. The molecule has 0 aliphatic heterocycles. The predicted octanol–water partition coefficient (Wildman–Crippen LogP) is 5.56. The Morgan fingerprint density at radius 1 is 1.00 bits per heavy atom. The zero-order valence-electron chi connectivity index (χ0n) is 16.2. The minimum Gasteiger partial charge on any atom is -0.493 e. The average molecular weight is 398 g/mol. The first kappa shape index (κ1) is 20.0. The van der Waals surface area contributed by atoms with E-state index in [1.807, 2.05) is 49.4 Å². The minimum absolute atomic E-state index is 0.146. The topological polar surface area (TPSA) is 40.5 Å². The van der Waals surface area contributed by atoms with Gasteiger partial charge in [-0.05, 0) is 60.9 Å². The molecule has 5 heteroatoms. The number of pyridine rings is 1. The highest BCUT2D eigenvalue weighted by atomic mass is 35.5. The Kier molecular flexibility index (Phi) is 6.77. The van der Waals surface area contributed by atoms with Gasteiger partial charge in [0.05, 0.1) is 6.61 Å². The van der Waals surface area contributed by atoms with Crippen LogP contribution in [0.4, 0.5) is 0 Å². The number of aryl methyl sites for hydroxylation is 1. The summed E-state index contributed by atoms with van der Waals surface area (Å²) in [6.45, 7) is 5.20. The highest BCUT2D eigenvalue weighted by Gasteiger charge is 2.06. The molecule has 3 aromatic rings. The van der Waals surface area contributed by atoms with Crippen molar-refractivity contribution in [2.45, 2.75) is 33.3 Å². The monoisotopic (exact) mass is 397 g/mol. The molecule has 0 saturated carbocycles. The van der Waals surface area contributed by atoms with Gasteiger partial charge in [0, 0.05) is 23.0 Å². The highest BCUT2D eigenvalue weighted by Crippen LogP contribution is 2.21. The molecule has 1 heterocycles. The van der Waals surface area contributed by atoms with Gasteiger partial charge in [-0.15, -0.1) is 0 Å². The fraction of sp³-hybridized carbons (Fsp3) is 0.261. The summed E-state index contributed by atoms with van der Waals surface area (Å²) in [5.74, 6) is 1.39. The number of hydrogen-bond donors (Lipinski definition) is 0. The number of ether oxygens (including phenoxy) is 2. The summed E-state index contributed by atoms with van der Waals surface area (Å²) in [6, 6.07) is 16.5. The fourth-order valence-electron chi connectivity index (χ4n) is 2.78. The van der Waals surface area contributed by atoms with E-state index in [0.717, 1.165) is 35.4 Å². The van der Waals surface area contributed by atoms with Crippen LogP contribution in [0, 0.1) is 6.92 Å². The molecule has 0 aliphatic carbocycles. The highest BCUT2D eigenvalue weighted by molar-refractivity contribution is 6.30. The van der Waals surface area contributed by atoms with Crippen LogP contribution >= 0.6 is 11.6 Å². The first-order valence-electron chi connectivity index (χ1n) is 9.40. The van der Waals surface area contributed by atoms with E-state index in [1.165, 1.54) is 6.07 Å². The Balaban J connectivity index is 1.70. The number of unbranched alkanes of at least 4 members (excludes halogenated alkanes) is 1. The molecular formula is C23H24ClNO3. The van der Waals surface area contributed by atoms with Crippen LogP contribution in [-0.2, 0) is 6.61 Å². The van der Waals surface area contributed by atoms with Crippen molar-refractivity contribution >= 4 is 11.6 Å². The molecule has 1 aromatic heterocycles. The third-order valence-corrected chi connectivity index (χ3v) is 4.65. The largest absolute Gasteiger partial charge is 0.493 e. The van der Waals surface area contributed by atoms with E-state index >= 15 is 0 Å². The van der Waals surface area contributed by atoms with Crippen molar-refractivity contribution in [3.8, 4) is 17.2 Å². The van der Waals surface area contributed by atoms with Crippen LogP contribution in [0.2, 0.25) is 5.02 Å². The lowest BCUT2D eigenvalue weighted by molar-refractivity contribution is 0.305. The normalized spacial score (nSPS) is 10.7. The summed E-state index contributed by atoms with van der Waals surface area (Å²) in [5.41, 5.74) is 2.65. The number of halogens is 1. The predicted molar refractivity (Wildman–Crippen MR) is 113 cm³/mol. The molecule has 3 rings (SSSR count). The first-order valence-corrected chi connectivity index (χ1v) is 9.78. The number of rotatable bonds is 8. The standard InChI is InChI=1S/C23H24ClNO3/c1-3-4-13-27-22-10-9-20(14-17(22)2)25-12-11-21(15-23(25)26)28-16-18-5-7-19(24)8-6-18/h5-12,14-15H,3-4,13,16H2,1-2H3. The lowest BCUT2D eigenvalue weighted by Crippen LogP contribution is -2.17. The summed E-state index contributed by atoms with van der Waals surface area (Å²) < 4.78 is 13.1. The molecule has 0 fully saturated rings. The van der Waals surface area contributed by atoms with E-state index in [2.05, 4.69) is 6.92 Å². The van der Waals surface area contributed by atoms with E-state index in [4.69, 9.17) is 21.1 Å². The number of aromatic nitrogens is 1. The van der Waals surface area contributed by atoms with Crippen LogP contribution in [0.25, 0.3) is 5.69 Å². The van der Waals surface area contributed by atoms with Gasteiger partial charge in [0.15, 0.2) is 0 Å². The molecule has 0 atom stereocenters. The second kappa shape index (κ2) is 9.47. The number of hydrogen-bond acceptors (Lipinski definition) is 3. The Hall–Kier alpha value is -2.72. The SMILES string of the molecule is CCCCOc1ccc(-n2ccc(OCc3ccc(Cl)cc3)cc2=O)cc1C. The van der Waals surface area contributed by atoms with Crippen molar-refractivity contribution in [3.05, 3.63) is 87.3 Å². The quantitative estimate of drug-likeness (QED) is 0.467. The molecule has 0 unspecified atom stereocenters. The Morgan fingerprint density at radius 3 is 2.46 bits per heavy atom. The third kappa shape index (κ3) is 5.17. The van der Waals surface area contributed by atoms with E-state index < -0.39 is 0 Å². The van der Waals surface area contributed by atoms with E-state index in [9.17, 15) is 4.79 Å². The van der Waals surface area contributed by atoms with Gasteiger partial charge in [0.2, 0.25) is 0 Å². The molecule has 0 saturated heterocycles. The van der Waals surface area contributed by atoms with Crippen molar-refractivity contribution in [1.29, 1.82) is 0 Å². The smallest absolute Gasteiger partial charge is 0.258 e. The summed E-state index contributed by atoms with van der Waals surface area (Å²) in [7, 11) is 0. The average Bonchev–Trinajstić information content (AvgIpc) is 2.69. The molecule has 0 aliphatic rings. The maximum absolute atomic E-state index is 12.5. The van der Waals surface area contributed by atoms with Crippen molar-refractivity contribution in [2.75, 3.05) is 6.61 Å². The lowest BCUT2D eigenvalue weighted by atomic mass is 10.2. The van der Waals surface area contributed by atoms with Crippen molar-refractivity contribution in [2.24, 2.45) is 0 Å². The van der Waals surface area contributed by atoms with Gasteiger partial charge in [-0.3, -0.25) is 9.36 Å². The van der Waals surface area contributed by atoms with Gasteiger partial charge in [-0.2, -0.15) is 0 Å². The van der Waals surface area contributed by atoms with Crippen LogP contribution in [0.15, 0.2) is 65.6 Å². The van der Waals surface area contributed by atoms with Gasteiger partial charge in [-0.25, -0.2) is 0 Å². The summed E-state index contributed by atoms with van der Waals surface area (Å²) in [4.78, 5) is 12.5. The van der Waals surface area contributed by atoms with E-state index in [0.29, 0.717) is 24.0 Å². The van der Waals surface area contributed by atoms with Crippen molar-refractivity contribution in [1.82, 2.24) is 4.57 Å². The second-order valence-corrected chi connectivity index (χ2v) is 7.07. The van der Waals surface area contributed by atoms with Crippen LogP contribution in [0.5, 0.6) is 11.5 Å². The Bertz CT molecular complexity index is 980. The Labute approximate surface area is 170 Å². The van der Waals surface area contributed by atoms with Crippen LogP contribution in [0.1, 0.15) is 30.9 Å². The molecule has 2 aromatic carbocycles. The van der Waals surface area contributed by atoms with Gasteiger partial charge in [0.25, 0.3) is 5.56 Å². The van der Waals surface area contributed by atoms with Gasteiger partial charge < -0.3 is 9.47 Å². The van der Waals surface area contributed by atoms with E-state index in [1.54, 1.807) is 16.8 Å². The number of benzene rings is 2. The van der Waals surface area contributed by atoms with E-state index in [-0.39, 0.29) is 5.56 Å². The fourth-order valence-corrected chi connectivity index (χ4v) is 2.91. The molecule has 4 nitrogen and oxygen atoms in total. The van der Waals surface area contributed by atoms with Crippen molar-refractivity contribution < 1.29 is 9.47 Å². The molecule has 28 heavy (non-hydrogen) atoms. The molecule has 0 spiro atoms. The molecule has 0 amide bonds. The maximum atomic E-state index is 12.5. The van der Waals surface area contributed by atoms with Gasteiger partial charge in [-0.1, -0.05) is 37.1 Å². The van der Waals surface area contributed by atoms with Crippen molar-refractivity contribution in [3.63, 3.8) is 0 Å². The number of nitrogens with zero attached hydrogens (tertiary/aromatic N) is 1. The third-order valence-electron chi connectivity index (χ3n) is 4.40. The first-order chi connectivity index (χ1) is 13.6. The van der Waals surface area contributed by atoms with Gasteiger partial charge in [0.1, 0.15) is 18.1 Å². The molecule has 0 radical (unpaired) electrons. The molecule has 0 bridgehead atoms. The summed E-state index contributed by atoms with van der Waals surface area (Å²) in [6.07, 6.45) is 3.85. The van der Waals surface area contributed by atoms with Crippen LogP contribution in [-0.4, -0.2) is 11.2 Å².